The van der Waals surface area contributed by atoms with Crippen molar-refractivity contribution < 1.29 is 0 Å². The maximum absolute atomic E-state index is 6.14. The Hall–Kier alpha value is -1.95. The minimum atomic E-state index is 0.684. The molecule has 24 heavy (non-hydrogen) atoms. The number of hydrogen-bond acceptors (Lipinski definition) is 5. The van der Waals surface area contributed by atoms with Crippen molar-refractivity contribution in [3.8, 4) is 0 Å². The van der Waals surface area contributed by atoms with Gasteiger partial charge in [0.05, 0.1) is 5.52 Å². The van der Waals surface area contributed by atoms with Crippen molar-refractivity contribution in [2.24, 2.45) is 0 Å². The Morgan fingerprint density at radius 1 is 1.21 bits per heavy atom. The van der Waals surface area contributed by atoms with Crippen LogP contribution in [0.15, 0.2) is 35.7 Å². The maximum Gasteiger partial charge on any atom is 0.155 e. The first-order valence-corrected chi connectivity index (χ1v) is 8.95. The van der Waals surface area contributed by atoms with Gasteiger partial charge in [0.15, 0.2) is 5.82 Å². The van der Waals surface area contributed by atoms with Crippen LogP contribution in [-0.4, -0.2) is 42.1 Å². The molecule has 0 aliphatic rings. The lowest BCUT2D eigenvalue weighted by atomic mass is 10.2. The first kappa shape index (κ1) is 16.9. The summed E-state index contributed by atoms with van der Waals surface area (Å²) >= 11 is 7.83. The molecule has 6 heteroatoms. The summed E-state index contributed by atoms with van der Waals surface area (Å²) in [6, 6.07) is 9.79. The number of anilines is 1. The Kier molecular flexibility index (Phi) is 5.45. The van der Waals surface area contributed by atoms with Crippen LogP contribution in [-0.2, 0) is 0 Å². The molecule has 0 radical (unpaired) electrons. The molecule has 2 aromatic heterocycles. The molecule has 2 heterocycles. The van der Waals surface area contributed by atoms with E-state index in [9.17, 15) is 0 Å². The maximum atomic E-state index is 6.14. The number of halogens is 1. The lowest BCUT2D eigenvalue weighted by Gasteiger charge is -2.13. The number of rotatable bonds is 6. The van der Waals surface area contributed by atoms with Crippen LogP contribution in [0, 0.1) is 0 Å². The molecule has 0 unspecified atom stereocenters. The van der Waals surface area contributed by atoms with Crippen LogP contribution in [0.3, 0.4) is 0 Å². The topological polar surface area (TPSA) is 41.0 Å². The molecule has 3 aromatic rings. The molecule has 0 aliphatic heterocycles. The molecule has 3 rings (SSSR count). The van der Waals surface area contributed by atoms with Crippen molar-refractivity contribution in [1.29, 1.82) is 0 Å². The second-order valence-corrected chi connectivity index (χ2v) is 7.09. The highest BCUT2D eigenvalue weighted by atomic mass is 35.5. The van der Waals surface area contributed by atoms with Crippen molar-refractivity contribution in [2.75, 3.05) is 32.5 Å². The van der Waals surface area contributed by atoms with Crippen molar-refractivity contribution in [3.63, 3.8) is 0 Å². The first-order valence-electron chi connectivity index (χ1n) is 7.69. The van der Waals surface area contributed by atoms with E-state index in [0.717, 1.165) is 29.8 Å². The van der Waals surface area contributed by atoms with Crippen molar-refractivity contribution >= 4 is 51.8 Å². The number of aromatic nitrogens is 2. The lowest BCUT2D eigenvalue weighted by molar-refractivity contribution is 0.425. The van der Waals surface area contributed by atoms with E-state index >= 15 is 0 Å². The molecule has 0 aliphatic carbocycles. The van der Waals surface area contributed by atoms with Crippen molar-refractivity contribution in [1.82, 2.24) is 14.9 Å². The van der Waals surface area contributed by atoms with E-state index in [1.807, 2.05) is 50.5 Å². The van der Waals surface area contributed by atoms with Gasteiger partial charge in [-0.1, -0.05) is 17.7 Å². The molecule has 0 bridgehead atoms. The van der Waals surface area contributed by atoms with E-state index in [1.54, 1.807) is 11.3 Å². The first-order chi connectivity index (χ1) is 11.6. The molecule has 0 spiro atoms. The van der Waals surface area contributed by atoms with E-state index in [-0.39, 0.29) is 0 Å². The van der Waals surface area contributed by atoms with Crippen LogP contribution in [0.5, 0.6) is 0 Å². The highest BCUT2D eigenvalue weighted by Crippen LogP contribution is 2.24. The van der Waals surface area contributed by atoms with Gasteiger partial charge in [0.1, 0.15) is 5.82 Å². The van der Waals surface area contributed by atoms with E-state index in [1.165, 1.54) is 4.88 Å². The van der Waals surface area contributed by atoms with Crippen LogP contribution in [0.1, 0.15) is 10.7 Å². The van der Waals surface area contributed by atoms with Gasteiger partial charge in [-0.2, -0.15) is 0 Å². The number of thiophene rings is 1. The lowest BCUT2D eigenvalue weighted by Crippen LogP contribution is -2.21. The molecule has 0 saturated heterocycles. The van der Waals surface area contributed by atoms with Crippen LogP contribution in [0.2, 0.25) is 5.02 Å². The van der Waals surface area contributed by atoms with Gasteiger partial charge in [-0.25, -0.2) is 9.97 Å². The summed E-state index contributed by atoms with van der Waals surface area (Å²) in [5.41, 5.74) is 0.882. The molecule has 0 amide bonds. The highest BCUT2D eigenvalue weighted by molar-refractivity contribution is 7.10. The number of benzene rings is 1. The number of fused-ring (bicyclic) bond motifs is 1. The SMILES string of the molecule is CN(C)CCNc1nc(C=Cc2cccs2)nc2ccc(Cl)cc12. The van der Waals surface area contributed by atoms with Crippen molar-refractivity contribution in [2.45, 2.75) is 0 Å². The molecular formula is C18H19ClN4S. The van der Waals surface area contributed by atoms with Gasteiger partial charge in [-0.15, -0.1) is 11.3 Å². The molecule has 124 valence electrons. The Labute approximate surface area is 150 Å². The molecular weight excluding hydrogens is 340 g/mol. The van der Waals surface area contributed by atoms with Crippen LogP contribution in [0.4, 0.5) is 5.82 Å². The van der Waals surface area contributed by atoms with Gasteiger partial charge >= 0.3 is 0 Å². The summed E-state index contributed by atoms with van der Waals surface area (Å²) in [6.45, 7) is 1.73. The zero-order valence-electron chi connectivity index (χ0n) is 13.7. The highest BCUT2D eigenvalue weighted by Gasteiger charge is 2.07. The van der Waals surface area contributed by atoms with Gasteiger partial charge in [0.25, 0.3) is 0 Å². The summed E-state index contributed by atoms with van der Waals surface area (Å²) in [5.74, 6) is 1.50. The molecule has 1 aromatic carbocycles. The summed E-state index contributed by atoms with van der Waals surface area (Å²) in [7, 11) is 4.09. The summed E-state index contributed by atoms with van der Waals surface area (Å²) in [5, 5.41) is 7.07. The average molecular weight is 359 g/mol. The second-order valence-electron chi connectivity index (χ2n) is 5.67. The Balaban J connectivity index is 1.94. The standard InChI is InChI=1S/C18H19ClN4S/c1-23(2)10-9-20-18-15-12-13(19)5-7-16(15)21-17(22-18)8-6-14-4-3-11-24-14/h3-8,11-12H,9-10H2,1-2H3,(H,20,21,22). The van der Waals surface area contributed by atoms with Gasteiger partial charge in [-0.3, -0.25) is 0 Å². The number of nitrogens with zero attached hydrogens (tertiary/aromatic N) is 3. The second kappa shape index (κ2) is 7.75. The smallest absolute Gasteiger partial charge is 0.155 e. The number of hydrogen-bond donors (Lipinski definition) is 1. The third kappa shape index (κ3) is 4.32. The zero-order chi connectivity index (χ0) is 16.9. The predicted molar refractivity (Wildman–Crippen MR) is 105 cm³/mol. The third-order valence-corrected chi connectivity index (χ3v) is 4.54. The molecule has 1 N–H and O–H groups in total. The largest absolute Gasteiger partial charge is 0.368 e. The minimum absolute atomic E-state index is 0.684. The van der Waals surface area contributed by atoms with E-state index in [2.05, 4.69) is 31.6 Å². The summed E-state index contributed by atoms with van der Waals surface area (Å²) in [6.07, 6.45) is 3.97. The minimum Gasteiger partial charge on any atom is -0.368 e. The van der Waals surface area contributed by atoms with Crippen LogP contribution >= 0.6 is 22.9 Å². The number of nitrogens with one attached hydrogen (secondary N) is 1. The molecule has 4 nitrogen and oxygen atoms in total. The Morgan fingerprint density at radius 2 is 2.08 bits per heavy atom. The molecule has 0 saturated carbocycles. The summed E-state index contributed by atoms with van der Waals surface area (Å²) in [4.78, 5) is 12.6. The van der Waals surface area contributed by atoms with Gasteiger partial charge in [0.2, 0.25) is 0 Å². The average Bonchev–Trinajstić information content (AvgIpc) is 3.06. The van der Waals surface area contributed by atoms with Crippen LogP contribution in [0.25, 0.3) is 23.1 Å². The zero-order valence-corrected chi connectivity index (χ0v) is 15.2. The quantitative estimate of drug-likeness (QED) is 0.705. The monoisotopic (exact) mass is 358 g/mol. The van der Waals surface area contributed by atoms with Gasteiger partial charge in [-0.05, 0) is 55.9 Å². The fraction of sp³-hybridized carbons (Fsp3) is 0.222. The summed E-state index contributed by atoms with van der Waals surface area (Å²) < 4.78 is 0. The molecule has 0 atom stereocenters. The van der Waals surface area contributed by atoms with Crippen LogP contribution < -0.4 is 5.32 Å². The van der Waals surface area contributed by atoms with E-state index < -0.39 is 0 Å². The predicted octanol–water partition coefficient (Wildman–Crippen LogP) is 4.49. The fourth-order valence-electron chi connectivity index (χ4n) is 2.27. The fourth-order valence-corrected chi connectivity index (χ4v) is 3.06. The molecule has 0 fully saturated rings. The third-order valence-electron chi connectivity index (χ3n) is 3.47. The van der Waals surface area contributed by atoms with Crippen molar-refractivity contribution in [3.05, 3.63) is 51.4 Å². The van der Waals surface area contributed by atoms with Gasteiger partial charge < -0.3 is 10.2 Å². The number of likely N-dealkylation sites (N-methyl/N-ethyl adjacent to an activating group) is 1. The normalized spacial score (nSPS) is 11.7. The van der Waals surface area contributed by atoms with E-state index in [0.29, 0.717) is 10.8 Å². The Bertz CT molecular complexity index is 844. The van der Waals surface area contributed by atoms with Gasteiger partial charge in [0, 0.05) is 28.4 Å². The van der Waals surface area contributed by atoms with E-state index in [4.69, 9.17) is 11.6 Å². The Morgan fingerprint density at radius 3 is 2.83 bits per heavy atom.